The van der Waals surface area contributed by atoms with Crippen LogP contribution in [0.25, 0.3) is 0 Å². The van der Waals surface area contributed by atoms with E-state index < -0.39 is 12.1 Å². The summed E-state index contributed by atoms with van der Waals surface area (Å²) >= 11 is 5.75. The maximum absolute atomic E-state index is 12.5. The van der Waals surface area contributed by atoms with E-state index in [1.807, 2.05) is 0 Å². The molecule has 0 amide bonds. The van der Waals surface area contributed by atoms with Gasteiger partial charge in [-0.3, -0.25) is 4.98 Å². The summed E-state index contributed by atoms with van der Waals surface area (Å²) in [6, 6.07) is 1.79. The van der Waals surface area contributed by atoms with Crippen LogP contribution in [0.1, 0.15) is 23.2 Å². The normalized spacial score (nSPS) is 10.4. The fourth-order valence-corrected chi connectivity index (χ4v) is 1.51. The maximum atomic E-state index is 12.5. The lowest BCUT2D eigenvalue weighted by Crippen LogP contribution is -2.08. The van der Waals surface area contributed by atoms with Crippen molar-refractivity contribution in [1.82, 2.24) is 4.98 Å². The number of rotatable bonds is 3. The third kappa shape index (κ3) is 2.41. The molecule has 0 atom stereocenters. The first-order valence-electron chi connectivity index (χ1n) is 4.13. The lowest BCUT2D eigenvalue weighted by Gasteiger charge is -2.11. The van der Waals surface area contributed by atoms with E-state index in [1.54, 1.807) is 6.07 Å². The molecule has 0 aliphatic heterocycles. The fraction of sp³-hybridized carbons (Fsp3) is 0.333. The highest BCUT2D eigenvalue weighted by Crippen LogP contribution is 2.27. The zero-order chi connectivity index (χ0) is 11.4. The molecule has 1 aromatic heterocycles. The van der Waals surface area contributed by atoms with Crippen molar-refractivity contribution in [1.29, 1.82) is 5.26 Å². The molecule has 0 fully saturated rings. The molecule has 0 radical (unpaired) electrons. The number of pyridine rings is 1. The molecule has 2 N–H and O–H groups in total. The Hall–Kier alpha value is -1.25. The number of nitriles is 1. The number of nitrogens with zero attached hydrogens (tertiary/aromatic N) is 2. The molecule has 6 heteroatoms. The molecule has 3 nitrogen and oxygen atoms in total. The van der Waals surface area contributed by atoms with Crippen molar-refractivity contribution in [3.05, 3.63) is 28.0 Å². The second-order valence-corrected chi connectivity index (χ2v) is 3.20. The van der Waals surface area contributed by atoms with Gasteiger partial charge in [-0.25, -0.2) is 8.78 Å². The topological polar surface area (TPSA) is 62.7 Å². The minimum Gasteiger partial charge on any atom is -0.326 e. The van der Waals surface area contributed by atoms with Crippen LogP contribution in [0.5, 0.6) is 0 Å². The van der Waals surface area contributed by atoms with Crippen molar-refractivity contribution in [3.63, 3.8) is 0 Å². The van der Waals surface area contributed by atoms with Crippen LogP contribution in [0, 0.1) is 11.3 Å². The monoisotopic (exact) mass is 231 g/mol. The second kappa shape index (κ2) is 5.01. The average molecular weight is 232 g/mol. The molecule has 0 aliphatic rings. The lowest BCUT2D eigenvalue weighted by atomic mass is 10.0. The van der Waals surface area contributed by atoms with Gasteiger partial charge in [0.05, 0.1) is 17.5 Å². The summed E-state index contributed by atoms with van der Waals surface area (Å²) in [5.74, 6) is 0. The van der Waals surface area contributed by atoms with Crippen LogP contribution in [0.4, 0.5) is 8.78 Å². The predicted octanol–water partition coefficient (Wildman–Crippen LogP) is 2.20. The van der Waals surface area contributed by atoms with Gasteiger partial charge < -0.3 is 5.73 Å². The first-order chi connectivity index (χ1) is 7.11. The molecule has 0 aliphatic carbocycles. The summed E-state index contributed by atoms with van der Waals surface area (Å²) in [4.78, 5) is 3.52. The van der Waals surface area contributed by atoms with E-state index >= 15 is 0 Å². The first kappa shape index (κ1) is 11.8. The number of aromatic nitrogens is 1. The highest BCUT2D eigenvalue weighted by Gasteiger charge is 2.19. The zero-order valence-corrected chi connectivity index (χ0v) is 8.43. The van der Waals surface area contributed by atoms with Crippen LogP contribution < -0.4 is 5.73 Å². The fourth-order valence-electron chi connectivity index (χ4n) is 1.27. The number of nitrogens with two attached hydrogens (primary N) is 1. The van der Waals surface area contributed by atoms with Gasteiger partial charge in [0.2, 0.25) is 0 Å². The van der Waals surface area contributed by atoms with Crippen molar-refractivity contribution in [2.75, 3.05) is 0 Å². The Balaban J connectivity index is 3.36. The molecule has 0 saturated heterocycles. The smallest absolute Gasteiger partial charge is 0.280 e. The van der Waals surface area contributed by atoms with Crippen LogP contribution >= 0.6 is 11.6 Å². The maximum Gasteiger partial charge on any atom is 0.280 e. The number of alkyl halides is 2. The Labute approximate surface area is 90.5 Å². The minimum atomic E-state index is -2.73. The van der Waals surface area contributed by atoms with Crippen molar-refractivity contribution in [3.8, 4) is 6.07 Å². The minimum absolute atomic E-state index is 0.0120. The Bertz CT molecular complexity index is 401. The van der Waals surface area contributed by atoms with Gasteiger partial charge in [0.1, 0.15) is 5.69 Å². The summed E-state index contributed by atoms with van der Waals surface area (Å²) in [5, 5.41) is 8.75. The second-order valence-electron chi connectivity index (χ2n) is 2.79. The van der Waals surface area contributed by atoms with Gasteiger partial charge >= 0.3 is 0 Å². The summed E-state index contributed by atoms with van der Waals surface area (Å²) < 4.78 is 25.1. The van der Waals surface area contributed by atoms with Crippen LogP contribution in [0.15, 0.2) is 6.20 Å². The van der Waals surface area contributed by atoms with Crippen molar-refractivity contribution < 1.29 is 8.78 Å². The third-order valence-electron chi connectivity index (χ3n) is 1.95. The van der Waals surface area contributed by atoms with Crippen molar-refractivity contribution >= 4 is 11.6 Å². The average Bonchev–Trinajstić information content (AvgIpc) is 2.18. The molecule has 0 spiro atoms. The SMILES string of the molecule is N#CCc1c(C(F)F)ncc(Cl)c1CN. The van der Waals surface area contributed by atoms with Crippen LogP contribution in [0.3, 0.4) is 0 Å². The van der Waals surface area contributed by atoms with Gasteiger partial charge in [0, 0.05) is 12.7 Å². The van der Waals surface area contributed by atoms with E-state index in [0.717, 1.165) is 6.20 Å². The molecular weight excluding hydrogens is 224 g/mol. The standard InChI is InChI=1S/C9H8ClF2N3/c10-7-4-15-8(9(11)12)5(1-2-13)6(7)3-14/h4,9H,1,3,14H2. The molecule has 0 bridgehead atoms. The van der Waals surface area contributed by atoms with E-state index in [9.17, 15) is 8.78 Å². The molecule has 1 heterocycles. The van der Waals surface area contributed by atoms with Gasteiger partial charge in [-0.1, -0.05) is 11.6 Å². The first-order valence-corrected chi connectivity index (χ1v) is 4.51. The van der Waals surface area contributed by atoms with Crippen molar-refractivity contribution in [2.24, 2.45) is 5.73 Å². The largest absolute Gasteiger partial charge is 0.326 e. The molecule has 80 valence electrons. The molecule has 1 aromatic rings. The van der Waals surface area contributed by atoms with E-state index in [0.29, 0.717) is 5.56 Å². The molecular formula is C9H8ClF2N3. The van der Waals surface area contributed by atoms with Crippen LogP contribution in [0.2, 0.25) is 5.02 Å². The summed E-state index contributed by atoms with van der Waals surface area (Å²) in [7, 11) is 0. The number of halogens is 3. The van der Waals surface area contributed by atoms with Crippen LogP contribution in [-0.2, 0) is 13.0 Å². The van der Waals surface area contributed by atoms with E-state index in [1.165, 1.54) is 0 Å². The van der Waals surface area contributed by atoms with Crippen molar-refractivity contribution in [2.45, 2.75) is 19.4 Å². The highest BCUT2D eigenvalue weighted by atomic mass is 35.5. The number of hydrogen-bond donors (Lipinski definition) is 1. The molecule has 0 saturated carbocycles. The molecule has 0 unspecified atom stereocenters. The zero-order valence-electron chi connectivity index (χ0n) is 7.67. The molecule has 15 heavy (non-hydrogen) atoms. The summed E-state index contributed by atoms with van der Waals surface area (Å²) in [5.41, 5.74) is 5.47. The van der Waals surface area contributed by atoms with E-state index in [4.69, 9.17) is 22.6 Å². The Morgan fingerprint density at radius 1 is 1.53 bits per heavy atom. The van der Waals surface area contributed by atoms with E-state index in [-0.39, 0.29) is 23.6 Å². The van der Waals surface area contributed by atoms with Crippen LogP contribution in [-0.4, -0.2) is 4.98 Å². The summed E-state index contributed by atoms with van der Waals surface area (Å²) in [6.07, 6.45) is -1.76. The van der Waals surface area contributed by atoms with Gasteiger partial charge in [0.15, 0.2) is 0 Å². The summed E-state index contributed by atoms with van der Waals surface area (Å²) in [6.45, 7) is 0.0120. The third-order valence-corrected chi connectivity index (χ3v) is 2.27. The molecule has 0 aromatic carbocycles. The highest BCUT2D eigenvalue weighted by molar-refractivity contribution is 6.31. The van der Waals surface area contributed by atoms with Gasteiger partial charge in [-0.05, 0) is 11.1 Å². The van der Waals surface area contributed by atoms with E-state index in [2.05, 4.69) is 4.98 Å². The van der Waals surface area contributed by atoms with Gasteiger partial charge in [0.25, 0.3) is 6.43 Å². The van der Waals surface area contributed by atoms with Gasteiger partial charge in [-0.2, -0.15) is 5.26 Å². The Morgan fingerprint density at radius 2 is 2.20 bits per heavy atom. The van der Waals surface area contributed by atoms with Gasteiger partial charge in [-0.15, -0.1) is 0 Å². The number of hydrogen-bond acceptors (Lipinski definition) is 3. The predicted molar refractivity (Wildman–Crippen MR) is 51.4 cm³/mol. The Kier molecular flexibility index (Phi) is 3.95. The molecule has 1 rings (SSSR count). The lowest BCUT2D eigenvalue weighted by molar-refractivity contribution is 0.145. The quantitative estimate of drug-likeness (QED) is 0.867. The Morgan fingerprint density at radius 3 is 2.67 bits per heavy atom.